The van der Waals surface area contributed by atoms with Crippen molar-refractivity contribution in [2.24, 2.45) is 0 Å². The Balaban J connectivity index is 2.67. The monoisotopic (exact) mass is 262 g/mol. The number of rotatable bonds is 3. The van der Waals surface area contributed by atoms with Crippen LogP contribution < -0.4 is 0 Å². The standard InChI is InChI=1S/C11H10N4O4/c1-7-6-12-13(8(7)2)10-4-3-9(14(16)17)5-11(10)15(18)19/h3-6H,1-2H3. The summed E-state index contributed by atoms with van der Waals surface area (Å²) < 4.78 is 1.40. The lowest BCUT2D eigenvalue weighted by Crippen LogP contribution is -2.04. The first kappa shape index (κ1) is 12.7. The predicted molar refractivity (Wildman–Crippen MR) is 66.3 cm³/mol. The lowest BCUT2D eigenvalue weighted by molar-refractivity contribution is -0.394. The number of nitrogens with zero attached hydrogens (tertiary/aromatic N) is 4. The highest BCUT2D eigenvalue weighted by atomic mass is 16.6. The molecule has 0 unspecified atom stereocenters. The molecule has 0 N–H and O–H groups in total. The van der Waals surface area contributed by atoms with Crippen molar-refractivity contribution in [1.82, 2.24) is 9.78 Å². The van der Waals surface area contributed by atoms with E-state index in [1.54, 1.807) is 13.1 Å². The van der Waals surface area contributed by atoms with E-state index in [9.17, 15) is 20.2 Å². The Kier molecular flexibility index (Phi) is 2.99. The topological polar surface area (TPSA) is 104 Å². The van der Waals surface area contributed by atoms with Crippen molar-refractivity contribution in [3.63, 3.8) is 0 Å². The summed E-state index contributed by atoms with van der Waals surface area (Å²) in [5.74, 6) is 0. The van der Waals surface area contributed by atoms with Gasteiger partial charge in [-0.15, -0.1) is 0 Å². The Morgan fingerprint density at radius 1 is 1.16 bits per heavy atom. The van der Waals surface area contributed by atoms with Gasteiger partial charge in [0.1, 0.15) is 5.69 Å². The predicted octanol–water partition coefficient (Wildman–Crippen LogP) is 2.31. The minimum absolute atomic E-state index is 0.209. The molecular weight excluding hydrogens is 252 g/mol. The van der Waals surface area contributed by atoms with E-state index in [0.717, 1.165) is 17.3 Å². The molecule has 0 aliphatic carbocycles. The average molecular weight is 262 g/mol. The van der Waals surface area contributed by atoms with Crippen molar-refractivity contribution in [3.8, 4) is 5.69 Å². The molecule has 0 spiro atoms. The van der Waals surface area contributed by atoms with Crippen LogP contribution in [0.25, 0.3) is 5.69 Å². The van der Waals surface area contributed by atoms with Crippen LogP contribution in [0.2, 0.25) is 0 Å². The first-order valence-electron chi connectivity index (χ1n) is 5.36. The lowest BCUT2D eigenvalue weighted by atomic mass is 10.2. The Hall–Kier alpha value is -2.77. The van der Waals surface area contributed by atoms with Crippen molar-refractivity contribution in [2.75, 3.05) is 0 Å². The number of non-ortho nitro benzene ring substituents is 1. The summed E-state index contributed by atoms with van der Waals surface area (Å²) in [4.78, 5) is 20.4. The van der Waals surface area contributed by atoms with Crippen LogP contribution in [-0.2, 0) is 0 Å². The second kappa shape index (κ2) is 4.48. The van der Waals surface area contributed by atoms with Crippen LogP contribution in [0.1, 0.15) is 11.3 Å². The van der Waals surface area contributed by atoms with Crippen LogP contribution in [0.4, 0.5) is 11.4 Å². The molecule has 0 aliphatic rings. The third-order valence-corrected chi connectivity index (χ3v) is 2.85. The number of benzene rings is 1. The summed E-state index contributed by atoms with van der Waals surface area (Å²) in [6.07, 6.45) is 1.58. The zero-order chi connectivity index (χ0) is 14.2. The van der Waals surface area contributed by atoms with E-state index in [1.807, 2.05) is 6.92 Å². The Labute approximate surface area is 107 Å². The maximum atomic E-state index is 11.0. The molecule has 2 aromatic rings. The Morgan fingerprint density at radius 3 is 2.32 bits per heavy atom. The molecule has 98 valence electrons. The summed E-state index contributed by atoms with van der Waals surface area (Å²) in [5.41, 5.74) is 1.17. The summed E-state index contributed by atoms with van der Waals surface area (Å²) in [5, 5.41) is 25.7. The van der Waals surface area contributed by atoms with Gasteiger partial charge < -0.3 is 0 Å². The molecule has 0 fully saturated rings. The van der Waals surface area contributed by atoms with Crippen molar-refractivity contribution >= 4 is 11.4 Å². The van der Waals surface area contributed by atoms with Crippen LogP contribution in [0.3, 0.4) is 0 Å². The van der Waals surface area contributed by atoms with E-state index in [-0.39, 0.29) is 17.1 Å². The highest BCUT2D eigenvalue weighted by Crippen LogP contribution is 2.28. The number of aryl methyl sites for hydroxylation is 1. The van der Waals surface area contributed by atoms with Crippen molar-refractivity contribution in [1.29, 1.82) is 0 Å². The zero-order valence-corrected chi connectivity index (χ0v) is 10.2. The van der Waals surface area contributed by atoms with Gasteiger partial charge in [-0.3, -0.25) is 20.2 Å². The smallest absolute Gasteiger partial charge is 0.258 e. The maximum absolute atomic E-state index is 11.0. The molecule has 0 aliphatic heterocycles. The van der Waals surface area contributed by atoms with Crippen LogP contribution in [-0.4, -0.2) is 19.6 Å². The minimum Gasteiger partial charge on any atom is -0.258 e. The molecule has 0 saturated carbocycles. The third kappa shape index (κ3) is 2.15. The molecule has 0 atom stereocenters. The van der Waals surface area contributed by atoms with Gasteiger partial charge in [0.25, 0.3) is 5.69 Å². The number of aromatic nitrogens is 2. The molecule has 0 saturated heterocycles. The summed E-state index contributed by atoms with van der Waals surface area (Å²) in [6.45, 7) is 3.60. The molecule has 1 aromatic heterocycles. The fourth-order valence-corrected chi connectivity index (χ4v) is 1.69. The highest BCUT2D eigenvalue weighted by Gasteiger charge is 2.22. The van der Waals surface area contributed by atoms with E-state index in [1.165, 1.54) is 16.8 Å². The molecule has 8 heteroatoms. The van der Waals surface area contributed by atoms with E-state index >= 15 is 0 Å². The van der Waals surface area contributed by atoms with Gasteiger partial charge in [-0.05, 0) is 25.5 Å². The van der Waals surface area contributed by atoms with E-state index < -0.39 is 9.85 Å². The SMILES string of the molecule is Cc1cnn(-c2ccc([N+](=O)[O-])cc2[N+](=O)[O-])c1C. The molecule has 0 radical (unpaired) electrons. The molecule has 8 nitrogen and oxygen atoms in total. The van der Waals surface area contributed by atoms with Gasteiger partial charge >= 0.3 is 5.69 Å². The summed E-state index contributed by atoms with van der Waals surface area (Å²) in [7, 11) is 0. The van der Waals surface area contributed by atoms with Gasteiger partial charge in [-0.1, -0.05) is 0 Å². The van der Waals surface area contributed by atoms with Crippen molar-refractivity contribution in [3.05, 3.63) is 55.9 Å². The second-order valence-electron chi connectivity index (χ2n) is 4.01. The van der Waals surface area contributed by atoms with Gasteiger partial charge in [-0.25, -0.2) is 4.68 Å². The van der Waals surface area contributed by atoms with Gasteiger partial charge in [0.05, 0.1) is 22.1 Å². The molecule has 19 heavy (non-hydrogen) atoms. The normalized spacial score (nSPS) is 10.4. The van der Waals surface area contributed by atoms with Gasteiger partial charge in [0.2, 0.25) is 0 Å². The fourth-order valence-electron chi connectivity index (χ4n) is 1.69. The van der Waals surface area contributed by atoms with Crippen molar-refractivity contribution in [2.45, 2.75) is 13.8 Å². The van der Waals surface area contributed by atoms with Crippen LogP contribution in [0.15, 0.2) is 24.4 Å². The number of nitro benzene ring substituents is 2. The molecule has 1 heterocycles. The molecule has 0 amide bonds. The highest BCUT2D eigenvalue weighted by molar-refractivity contribution is 5.58. The minimum atomic E-state index is -0.669. The molecule has 0 bridgehead atoms. The van der Waals surface area contributed by atoms with Crippen molar-refractivity contribution < 1.29 is 9.85 Å². The average Bonchev–Trinajstić information content (AvgIpc) is 2.69. The Morgan fingerprint density at radius 2 is 1.84 bits per heavy atom. The van der Waals surface area contributed by atoms with Crippen LogP contribution >= 0.6 is 0 Å². The van der Waals surface area contributed by atoms with Gasteiger partial charge in [-0.2, -0.15) is 5.10 Å². The molecular formula is C11H10N4O4. The van der Waals surface area contributed by atoms with E-state index in [2.05, 4.69) is 5.10 Å². The maximum Gasteiger partial charge on any atom is 0.301 e. The van der Waals surface area contributed by atoms with Gasteiger partial charge in [0, 0.05) is 11.8 Å². The second-order valence-corrected chi connectivity index (χ2v) is 4.01. The largest absolute Gasteiger partial charge is 0.301 e. The number of hydrogen-bond acceptors (Lipinski definition) is 5. The Bertz CT molecular complexity index is 677. The summed E-state index contributed by atoms with van der Waals surface area (Å²) >= 11 is 0. The van der Waals surface area contributed by atoms with Gasteiger partial charge in [0.15, 0.2) is 0 Å². The number of hydrogen-bond donors (Lipinski definition) is 0. The van der Waals surface area contributed by atoms with Crippen LogP contribution in [0.5, 0.6) is 0 Å². The van der Waals surface area contributed by atoms with E-state index in [0.29, 0.717) is 0 Å². The number of nitro groups is 2. The van der Waals surface area contributed by atoms with E-state index in [4.69, 9.17) is 0 Å². The van der Waals surface area contributed by atoms with Crippen LogP contribution in [0, 0.1) is 34.1 Å². The quantitative estimate of drug-likeness (QED) is 0.623. The lowest BCUT2D eigenvalue weighted by Gasteiger charge is -2.05. The molecule has 1 aromatic carbocycles. The third-order valence-electron chi connectivity index (χ3n) is 2.85. The first-order valence-corrected chi connectivity index (χ1v) is 5.36. The summed E-state index contributed by atoms with van der Waals surface area (Å²) in [6, 6.07) is 3.49. The first-order chi connectivity index (χ1) is 8.91. The zero-order valence-electron chi connectivity index (χ0n) is 10.2. The fraction of sp³-hybridized carbons (Fsp3) is 0.182. The molecule has 2 rings (SSSR count).